The summed E-state index contributed by atoms with van der Waals surface area (Å²) in [6, 6.07) is 14.1. The number of hydrogen-bond donors (Lipinski definition) is 2. The monoisotopic (exact) mass is 411 g/mol. The molecular formula is C22H25N3O5. The standard InChI is InChI=1S/C22H25N3O5/c1-14(30-22(28)23-12-13-29-3)20(26)24-19-17-10-5-4-8-15(17)16-9-6-7-11-18(16)25(2)21(19)27/h4-11,14,19H,12-13H2,1-3H3,(H,23,28)(H,24,26)/t14-,19?/m0/s1. The number of ether oxygens (including phenoxy) is 2. The van der Waals surface area contributed by atoms with Gasteiger partial charge in [0.1, 0.15) is 6.04 Å². The molecule has 0 saturated heterocycles. The Labute approximate surface area is 175 Å². The van der Waals surface area contributed by atoms with Crippen LogP contribution in [0.25, 0.3) is 11.1 Å². The second-order valence-corrected chi connectivity index (χ2v) is 6.91. The quantitative estimate of drug-likeness (QED) is 0.711. The van der Waals surface area contributed by atoms with Crippen LogP contribution in [0.4, 0.5) is 10.5 Å². The van der Waals surface area contributed by atoms with Gasteiger partial charge in [0.15, 0.2) is 6.10 Å². The summed E-state index contributed by atoms with van der Waals surface area (Å²) >= 11 is 0. The van der Waals surface area contributed by atoms with Gasteiger partial charge in [-0.15, -0.1) is 0 Å². The summed E-state index contributed by atoms with van der Waals surface area (Å²) in [4.78, 5) is 39.2. The van der Waals surface area contributed by atoms with Crippen molar-refractivity contribution in [3.63, 3.8) is 0 Å². The van der Waals surface area contributed by atoms with E-state index in [2.05, 4.69) is 10.6 Å². The van der Waals surface area contributed by atoms with Crippen molar-refractivity contribution in [1.82, 2.24) is 10.6 Å². The number of hydrogen-bond acceptors (Lipinski definition) is 5. The SMILES string of the molecule is COCCNC(=O)O[C@@H](C)C(=O)NC1C(=O)N(C)c2ccccc2-c2ccccc21. The van der Waals surface area contributed by atoms with Crippen LogP contribution in [0.15, 0.2) is 48.5 Å². The molecule has 3 amide bonds. The second-order valence-electron chi connectivity index (χ2n) is 6.91. The van der Waals surface area contributed by atoms with Crippen molar-refractivity contribution >= 4 is 23.6 Å². The van der Waals surface area contributed by atoms with Crippen molar-refractivity contribution in [3.05, 3.63) is 54.1 Å². The first-order valence-corrected chi connectivity index (χ1v) is 9.63. The minimum absolute atomic E-state index is 0.265. The molecule has 0 fully saturated rings. The number of anilines is 1. The van der Waals surface area contributed by atoms with E-state index in [1.54, 1.807) is 7.05 Å². The van der Waals surface area contributed by atoms with Crippen LogP contribution in [-0.2, 0) is 19.1 Å². The highest BCUT2D eigenvalue weighted by Crippen LogP contribution is 2.39. The maximum Gasteiger partial charge on any atom is 0.407 e. The van der Waals surface area contributed by atoms with Gasteiger partial charge in [0.2, 0.25) is 0 Å². The molecule has 158 valence electrons. The fourth-order valence-electron chi connectivity index (χ4n) is 3.34. The maximum absolute atomic E-state index is 13.2. The number of methoxy groups -OCH3 is 1. The number of carbonyl (C=O) groups is 3. The highest BCUT2D eigenvalue weighted by atomic mass is 16.6. The van der Waals surface area contributed by atoms with Gasteiger partial charge >= 0.3 is 6.09 Å². The molecule has 0 aliphatic carbocycles. The van der Waals surface area contributed by atoms with E-state index in [0.717, 1.165) is 16.8 Å². The third-order valence-corrected chi connectivity index (χ3v) is 4.92. The number of likely N-dealkylation sites (N-methyl/N-ethyl adjacent to an activating group) is 1. The average Bonchev–Trinajstić information content (AvgIpc) is 2.84. The zero-order chi connectivity index (χ0) is 21.7. The van der Waals surface area contributed by atoms with Gasteiger partial charge in [0.25, 0.3) is 11.8 Å². The molecule has 1 aliphatic heterocycles. The predicted octanol–water partition coefficient (Wildman–Crippen LogP) is 2.25. The predicted molar refractivity (Wildman–Crippen MR) is 112 cm³/mol. The third kappa shape index (κ3) is 4.44. The van der Waals surface area contributed by atoms with Crippen molar-refractivity contribution in [2.75, 3.05) is 32.2 Å². The molecule has 0 saturated carbocycles. The normalized spacial score (nSPS) is 16.0. The summed E-state index contributed by atoms with van der Waals surface area (Å²) in [5.74, 6) is -0.845. The van der Waals surface area contributed by atoms with E-state index in [4.69, 9.17) is 9.47 Å². The van der Waals surface area contributed by atoms with Crippen LogP contribution in [-0.4, -0.2) is 51.3 Å². The molecule has 0 spiro atoms. The van der Waals surface area contributed by atoms with Crippen molar-refractivity contribution in [2.24, 2.45) is 0 Å². The van der Waals surface area contributed by atoms with Gasteiger partial charge in [-0.05, 0) is 24.1 Å². The molecule has 8 heteroatoms. The molecule has 2 aromatic rings. The Balaban J connectivity index is 1.81. The van der Waals surface area contributed by atoms with Crippen LogP contribution in [0.3, 0.4) is 0 Å². The van der Waals surface area contributed by atoms with Gasteiger partial charge in [0, 0.05) is 26.3 Å². The molecular weight excluding hydrogens is 386 g/mol. The number of para-hydroxylation sites is 1. The lowest BCUT2D eigenvalue weighted by molar-refractivity contribution is -0.132. The molecule has 8 nitrogen and oxygen atoms in total. The molecule has 30 heavy (non-hydrogen) atoms. The lowest BCUT2D eigenvalue weighted by atomic mass is 9.95. The Morgan fingerprint density at radius 1 is 1.10 bits per heavy atom. The first kappa shape index (κ1) is 21.3. The van der Waals surface area contributed by atoms with Crippen LogP contribution in [0, 0.1) is 0 Å². The lowest BCUT2D eigenvalue weighted by Crippen LogP contribution is -2.45. The number of nitrogens with one attached hydrogen (secondary N) is 2. The van der Waals surface area contributed by atoms with E-state index in [-0.39, 0.29) is 12.5 Å². The van der Waals surface area contributed by atoms with Crippen molar-refractivity contribution in [3.8, 4) is 11.1 Å². The molecule has 2 N–H and O–H groups in total. The molecule has 0 aromatic heterocycles. The first-order chi connectivity index (χ1) is 14.4. The molecule has 3 rings (SSSR count). The van der Waals surface area contributed by atoms with Crippen LogP contribution < -0.4 is 15.5 Å². The summed E-state index contributed by atoms with van der Waals surface area (Å²) in [5.41, 5.74) is 3.21. The minimum Gasteiger partial charge on any atom is -0.436 e. The van der Waals surface area contributed by atoms with Crippen LogP contribution >= 0.6 is 0 Å². The molecule has 1 heterocycles. The van der Waals surface area contributed by atoms with Gasteiger partial charge in [-0.1, -0.05) is 42.5 Å². The maximum atomic E-state index is 13.2. The van der Waals surface area contributed by atoms with E-state index < -0.39 is 24.1 Å². The third-order valence-electron chi connectivity index (χ3n) is 4.92. The average molecular weight is 411 g/mol. The van der Waals surface area contributed by atoms with Gasteiger partial charge in [-0.3, -0.25) is 9.59 Å². The molecule has 1 aliphatic rings. The van der Waals surface area contributed by atoms with Crippen molar-refractivity contribution in [2.45, 2.75) is 19.1 Å². The fraction of sp³-hybridized carbons (Fsp3) is 0.318. The molecule has 0 bridgehead atoms. The van der Waals surface area contributed by atoms with Gasteiger partial charge in [-0.25, -0.2) is 4.79 Å². The van der Waals surface area contributed by atoms with Crippen LogP contribution in [0.1, 0.15) is 18.5 Å². The summed E-state index contributed by atoms with van der Waals surface area (Å²) in [5, 5.41) is 5.23. The number of amides is 3. The van der Waals surface area contributed by atoms with Crippen molar-refractivity contribution in [1.29, 1.82) is 0 Å². The Bertz CT molecular complexity index is 946. The summed E-state index contributed by atoms with van der Waals surface area (Å²) in [6.45, 7) is 2.05. The molecule has 2 atom stereocenters. The smallest absolute Gasteiger partial charge is 0.407 e. The summed E-state index contributed by atoms with van der Waals surface area (Å²) in [7, 11) is 3.19. The van der Waals surface area contributed by atoms with Gasteiger partial charge < -0.3 is 25.0 Å². The van der Waals surface area contributed by atoms with Gasteiger partial charge in [0.05, 0.1) is 12.3 Å². The largest absolute Gasteiger partial charge is 0.436 e. The summed E-state index contributed by atoms with van der Waals surface area (Å²) in [6.07, 6.45) is -1.81. The number of carbonyl (C=O) groups excluding carboxylic acids is 3. The zero-order valence-corrected chi connectivity index (χ0v) is 17.2. The summed E-state index contributed by atoms with van der Waals surface area (Å²) < 4.78 is 9.95. The Kier molecular flexibility index (Phi) is 6.68. The van der Waals surface area contributed by atoms with Crippen LogP contribution in [0.2, 0.25) is 0 Å². The molecule has 1 unspecified atom stereocenters. The van der Waals surface area contributed by atoms with E-state index in [1.165, 1.54) is 18.9 Å². The molecule has 0 radical (unpaired) electrons. The number of benzene rings is 2. The van der Waals surface area contributed by atoms with E-state index in [1.807, 2.05) is 48.5 Å². The zero-order valence-electron chi connectivity index (χ0n) is 17.2. The van der Waals surface area contributed by atoms with E-state index >= 15 is 0 Å². The number of rotatable bonds is 6. The highest BCUT2D eigenvalue weighted by molar-refractivity contribution is 6.06. The van der Waals surface area contributed by atoms with E-state index in [0.29, 0.717) is 12.2 Å². The first-order valence-electron chi connectivity index (χ1n) is 9.63. The fourth-order valence-corrected chi connectivity index (χ4v) is 3.34. The topological polar surface area (TPSA) is 97.0 Å². The Hall–Kier alpha value is -3.39. The van der Waals surface area contributed by atoms with E-state index in [9.17, 15) is 14.4 Å². The lowest BCUT2D eigenvalue weighted by Gasteiger charge is -2.24. The molecule has 2 aromatic carbocycles. The number of fused-ring (bicyclic) bond motifs is 3. The van der Waals surface area contributed by atoms with Crippen LogP contribution in [0.5, 0.6) is 0 Å². The van der Waals surface area contributed by atoms with Crippen molar-refractivity contribution < 1.29 is 23.9 Å². The minimum atomic E-state index is -1.08. The van der Waals surface area contributed by atoms with Gasteiger partial charge in [-0.2, -0.15) is 0 Å². The highest BCUT2D eigenvalue weighted by Gasteiger charge is 2.34. The Morgan fingerprint density at radius 3 is 2.50 bits per heavy atom. The number of nitrogens with zero attached hydrogens (tertiary/aromatic N) is 1. The number of alkyl carbamates (subject to hydrolysis) is 1. The Morgan fingerprint density at radius 2 is 1.77 bits per heavy atom. The second kappa shape index (κ2) is 9.41.